The van der Waals surface area contributed by atoms with Gasteiger partial charge in [-0.05, 0) is 42.2 Å². The van der Waals surface area contributed by atoms with Crippen LogP contribution in [-0.2, 0) is 11.3 Å². The Labute approximate surface area is 158 Å². The van der Waals surface area contributed by atoms with E-state index in [4.69, 9.17) is 9.26 Å². The molecule has 1 aromatic heterocycles. The monoisotopic (exact) mass is 365 g/mol. The molecule has 0 amide bonds. The van der Waals surface area contributed by atoms with E-state index in [0.717, 1.165) is 16.8 Å². The number of aromatic nitrogens is 2. The van der Waals surface area contributed by atoms with Gasteiger partial charge in [-0.15, -0.1) is 0 Å². The van der Waals surface area contributed by atoms with Gasteiger partial charge in [0.25, 0.3) is 0 Å². The summed E-state index contributed by atoms with van der Waals surface area (Å²) in [5.41, 5.74) is 4.54. The summed E-state index contributed by atoms with van der Waals surface area (Å²) in [5, 5.41) is 7.31. The van der Waals surface area contributed by atoms with Gasteiger partial charge in [0.2, 0.25) is 11.7 Å². The number of benzene rings is 2. The summed E-state index contributed by atoms with van der Waals surface area (Å²) in [7, 11) is 1.37. The average Bonchev–Trinajstić information content (AvgIpc) is 3.15. The predicted octanol–water partition coefficient (Wildman–Crippen LogP) is 4.57. The molecule has 6 heteroatoms. The van der Waals surface area contributed by atoms with Crippen molar-refractivity contribution in [3.8, 4) is 11.4 Å². The second-order valence-electron chi connectivity index (χ2n) is 6.66. The lowest BCUT2D eigenvalue weighted by atomic mass is 10.0. The molecule has 0 fully saturated rings. The maximum absolute atomic E-state index is 11.6. The summed E-state index contributed by atoms with van der Waals surface area (Å²) in [4.78, 5) is 16.0. The van der Waals surface area contributed by atoms with Gasteiger partial charge in [-0.25, -0.2) is 4.79 Å². The molecule has 3 rings (SSSR count). The Bertz CT molecular complexity index is 930. The van der Waals surface area contributed by atoms with Gasteiger partial charge in [0.05, 0.1) is 19.2 Å². The maximum Gasteiger partial charge on any atom is 0.337 e. The van der Waals surface area contributed by atoms with Crippen LogP contribution in [0.15, 0.2) is 47.0 Å². The highest BCUT2D eigenvalue weighted by molar-refractivity contribution is 5.90. The number of esters is 1. The van der Waals surface area contributed by atoms with Gasteiger partial charge in [-0.1, -0.05) is 43.3 Å². The first-order chi connectivity index (χ1) is 13.0. The number of hydrogen-bond acceptors (Lipinski definition) is 6. The van der Waals surface area contributed by atoms with Gasteiger partial charge in [-0.3, -0.25) is 0 Å². The van der Waals surface area contributed by atoms with Crippen molar-refractivity contribution in [3.63, 3.8) is 0 Å². The van der Waals surface area contributed by atoms with Crippen LogP contribution in [0.25, 0.3) is 11.4 Å². The van der Waals surface area contributed by atoms with Crippen LogP contribution < -0.4 is 5.32 Å². The van der Waals surface area contributed by atoms with Crippen molar-refractivity contribution in [1.82, 2.24) is 10.1 Å². The number of carbonyl (C=O) groups excluding carboxylic acids is 1. The summed E-state index contributed by atoms with van der Waals surface area (Å²) in [6, 6.07) is 13.5. The van der Waals surface area contributed by atoms with Crippen LogP contribution in [0, 0.1) is 6.92 Å². The third-order valence-corrected chi connectivity index (χ3v) is 4.38. The zero-order valence-corrected chi connectivity index (χ0v) is 15.9. The van der Waals surface area contributed by atoms with E-state index in [0.29, 0.717) is 29.7 Å². The summed E-state index contributed by atoms with van der Waals surface area (Å²) >= 11 is 0. The smallest absolute Gasteiger partial charge is 0.337 e. The molecule has 2 aromatic carbocycles. The molecule has 140 valence electrons. The highest BCUT2D eigenvalue weighted by Gasteiger charge is 2.11. The molecule has 3 aromatic rings. The van der Waals surface area contributed by atoms with Crippen LogP contribution in [0.3, 0.4) is 0 Å². The second kappa shape index (κ2) is 8.03. The number of hydrogen-bond donors (Lipinski definition) is 1. The maximum atomic E-state index is 11.6. The fourth-order valence-corrected chi connectivity index (χ4v) is 2.74. The molecule has 6 nitrogen and oxygen atoms in total. The molecule has 0 aliphatic carbocycles. The molecule has 1 N–H and O–H groups in total. The van der Waals surface area contributed by atoms with Crippen molar-refractivity contribution in [2.75, 3.05) is 12.4 Å². The van der Waals surface area contributed by atoms with Crippen molar-refractivity contribution in [2.45, 2.75) is 33.2 Å². The number of nitrogens with one attached hydrogen (secondary N) is 1. The van der Waals surface area contributed by atoms with Gasteiger partial charge in [0, 0.05) is 11.3 Å². The minimum Gasteiger partial charge on any atom is -0.465 e. The van der Waals surface area contributed by atoms with Crippen LogP contribution >= 0.6 is 0 Å². The quantitative estimate of drug-likeness (QED) is 0.645. The van der Waals surface area contributed by atoms with Crippen molar-refractivity contribution in [3.05, 3.63) is 65.0 Å². The number of aryl methyl sites for hydroxylation is 1. The highest BCUT2D eigenvalue weighted by Crippen LogP contribution is 2.21. The van der Waals surface area contributed by atoms with Gasteiger partial charge in [0.15, 0.2) is 0 Å². The first-order valence-electron chi connectivity index (χ1n) is 8.83. The molecule has 0 saturated heterocycles. The SMILES string of the molecule is COC(=O)c1ccc(NCc2nc(-c3ccc(C(C)C)cc3)no2)c(C)c1. The second-order valence-corrected chi connectivity index (χ2v) is 6.66. The first kappa shape index (κ1) is 18.6. The van der Waals surface area contributed by atoms with E-state index in [1.807, 2.05) is 25.1 Å². The van der Waals surface area contributed by atoms with E-state index in [9.17, 15) is 4.79 Å². The minimum absolute atomic E-state index is 0.352. The third-order valence-electron chi connectivity index (χ3n) is 4.38. The van der Waals surface area contributed by atoms with E-state index >= 15 is 0 Å². The number of methoxy groups -OCH3 is 1. The molecule has 27 heavy (non-hydrogen) atoms. The van der Waals surface area contributed by atoms with Crippen LogP contribution in [-0.4, -0.2) is 23.2 Å². The topological polar surface area (TPSA) is 77.2 Å². The Kier molecular flexibility index (Phi) is 5.54. The molecule has 0 atom stereocenters. The lowest BCUT2D eigenvalue weighted by Crippen LogP contribution is -2.05. The normalized spacial score (nSPS) is 10.9. The zero-order chi connectivity index (χ0) is 19.4. The van der Waals surface area contributed by atoms with Crippen LogP contribution in [0.5, 0.6) is 0 Å². The minimum atomic E-state index is -0.352. The van der Waals surface area contributed by atoms with Crippen LogP contribution in [0.1, 0.15) is 47.1 Å². The highest BCUT2D eigenvalue weighted by atomic mass is 16.5. The molecule has 0 radical (unpaired) electrons. The lowest BCUT2D eigenvalue weighted by Gasteiger charge is -2.08. The third kappa shape index (κ3) is 4.34. The molecular formula is C21H23N3O3. The molecule has 0 aliphatic heterocycles. The number of rotatable bonds is 6. The van der Waals surface area contributed by atoms with Crippen LogP contribution in [0.4, 0.5) is 5.69 Å². The molecule has 0 saturated carbocycles. The van der Waals surface area contributed by atoms with Crippen molar-refractivity contribution in [2.24, 2.45) is 0 Å². The molecular weight excluding hydrogens is 342 g/mol. The lowest BCUT2D eigenvalue weighted by molar-refractivity contribution is 0.0600. The van der Waals surface area contributed by atoms with Crippen molar-refractivity contribution in [1.29, 1.82) is 0 Å². The average molecular weight is 365 g/mol. The Hall–Kier alpha value is -3.15. The fraction of sp³-hybridized carbons (Fsp3) is 0.286. The summed E-state index contributed by atoms with van der Waals surface area (Å²) in [5.74, 6) is 1.20. The summed E-state index contributed by atoms with van der Waals surface area (Å²) in [6.45, 7) is 6.64. The van der Waals surface area contributed by atoms with E-state index in [2.05, 4.69) is 41.4 Å². The predicted molar refractivity (Wildman–Crippen MR) is 104 cm³/mol. The van der Waals surface area contributed by atoms with Crippen molar-refractivity contribution >= 4 is 11.7 Å². The van der Waals surface area contributed by atoms with E-state index < -0.39 is 0 Å². The molecule has 0 unspecified atom stereocenters. The largest absolute Gasteiger partial charge is 0.465 e. The van der Waals surface area contributed by atoms with Gasteiger partial charge < -0.3 is 14.6 Å². The Morgan fingerprint density at radius 1 is 1.19 bits per heavy atom. The number of anilines is 1. The van der Waals surface area contributed by atoms with E-state index in [-0.39, 0.29) is 5.97 Å². The standard InChI is InChI=1S/C21H23N3O3/c1-13(2)15-5-7-16(8-6-15)20-23-19(27-24-20)12-22-18-10-9-17(11-14(18)3)21(25)26-4/h5-11,13,22H,12H2,1-4H3. The fourth-order valence-electron chi connectivity index (χ4n) is 2.74. The van der Waals surface area contributed by atoms with E-state index in [1.54, 1.807) is 12.1 Å². The zero-order valence-electron chi connectivity index (χ0n) is 15.9. The van der Waals surface area contributed by atoms with Crippen molar-refractivity contribution < 1.29 is 14.1 Å². The first-order valence-corrected chi connectivity index (χ1v) is 8.83. The molecule has 0 aliphatic rings. The molecule has 1 heterocycles. The van der Waals surface area contributed by atoms with E-state index in [1.165, 1.54) is 12.7 Å². The summed E-state index contributed by atoms with van der Waals surface area (Å²) in [6.07, 6.45) is 0. The Balaban J connectivity index is 1.67. The van der Waals surface area contributed by atoms with Gasteiger partial charge in [-0.2, -0.15) is 4.98 Å². The number of ether oxygens (including phenoxy) is 1. The van der Waals surface area contributed by atoms with Gasteiger partial charge in [0.1, 0.15) is 0 Å². The van der Waals surface area contributed by atoms with Crippen LogP contribution in [0.2, 0.25) is 0 Å². The van der Waals surface area contributed by atoms with Gasteiger partial charge >= 0.3 is 5.97 Å². The molecule has 0 spiro atoms. The Morgan fingerprint density at radius 3 is 2.56 bits per heavy atom. The Morgan fingerprint density at radius 2 is 1.93 bits per heavy atom. The summed E-state index contributed by atoms with van der Waals surface area (Å²) < 4.78 is 10.1. The number of carbonyl (C=O) groups is 1. The number of nitrogens with zero attached hydrogens (tertiary/aromatic N) is 2. The molecule has 0 bridgehead atoms.